The number of hydrogen-bond donors (Lipinski definition) is 1. The van der Waals surface area contributed by atoms with Crippen molar-refractivity contribution in [2.45, 2.75) is 118 Å². The first kappa shape index (κ1) is 25.9. The van der Waals surface area contributed by atoms with Crippen molar-refractivity contribution >= 4 is 0 Å². The molecular weight excluding hydrogens is 415 g/mol. The van der Waals surface area contributed by atoms with Crippen LogP contribution in [-0.2, 0) is 18.6 Å². The summed E-state index contributed by atoms with van der Waals surface area (Å²) in [6, 6.07) is 0. The third-order valence-electron chi connectivity index (χ3n) is 11.3. The predicted molar refractivity (Wildman–Crippen MR) is 128 cm³/mol. The van der Waals surface area contributed by atoms with E-state index >= 15 is 0 Å². The van der Waals surface area contributed by atoms with Gasteiger partial charge in [-0.05, 0) is 110 Å². The van der Waals surface area contributed by atoms with Crippen molar-refractivity contribution in [3.63, 3.8) is 0 Å². The molecule has 31 heavy (non-hydrogen) atoms. The largest absolute Gasteiger partial charge is 0.393 e. The predicted octanol–water partition coefficient (Wildman–Crippen LogP) is 8.02. The topological polar surface area (TPSA) is 20.2 Å². The second-order valence-corrected chi connectivity index (χ2v) is 12.9. The second kappa shape index (κ2) is 9.87. The van der Waals surface area contributed by atoms with E-state index in [1.165, 1.54) is 57.8 Å². The first-order valence-corrected chi connectivity index (χ1v) is 13.6. The first-order valence-electron chi connectivity index (χ1n) is 13.6. The van der Waals surface area contributed by atoms with Crippen LogP contribution in [-0.4, -0.2) is 11.2 Å². The number of fused-ring (bicyclic) bond motifs is 5. The zero-order valence-corrected chi connectivity index (χ0v) is 22.8. The monoisotopic (exact) mass is 465 g/mol. The van der Waals surface area contributed by atoms with Crippen molar-refractivity contribution in [2.24, 2.45) is 52.3 Å². The Balaban J connectivity index is 0.00000272. The smallest absolute Gasteiger partial charge is 0.0577 e. The van der Waals surface area contributed by atoms with E-state index in [4.69, 9.17) is 0 Å². The second-order valence-electron chi connectivity index (χ2n) is 12.9. The molecule has 0 spiro atoms. The summed E-state index contributed by atoms with van der Waals surface area (Å²) in [6.45, 7) is 15.1. The number of hydrogen-bond acceptors (Lipinski definition) is 1. The minimum atomic E-state index is -0.0794. The van der Waals surface area contributed by atoms with Gasteiger partial charge in [0.15, 0.2) is 0 Å². The van der Waals surface area contributed by atoms with Crippen LogP contribution in [0.5, 0.6) is 0 Å². The molecule has 2 heteroatoms. The van der Waals surface area contributed by atoms with Crippen LogP contribution in [0, 0.1) is 52.3 Å². The van der Waals surface area contributed by atoms with Crippen LogP contribution in [0.25, 0.3) is 0 Å². The van der Waals surface area contributed by atoms with Gasteiger partial charge in [0.05, 0.1) is 6.10 Å². The van der Waals surface area contributed by atoms with Gasteiger partial charge in [-0.25, -0.2) is 0 Å². The van der Waals surface area contributed by atoms with Crippen molar-refractivity contribution in [2.75, 3.05) is 0 Å². The van der Waals surface area contributed by atoms with Gasteiger partial charge in [0, 0.05) is 18.6 Å². The molecular formula is C29H50OV. The van der Waals surface area contributed by atoms with Crippen molar-refractivity contribution in [3.8, 4) is 0 Å². The third kappa shape index (κ3) is 4.51. The standard InChI is InChI=1S/C29H50O.V/c1-7-21(19(2)3)9-8-20(4)25-12-13-26-24-11-10-22-18-23(30)14-16-28(22,5)27(24)15-17-29(25,26)6;/h10,19-21,23-27,30H,7-9,11-18H2,1-6H3;/t20-,21-,23?,24+,25-,26+,27+,28+,29?;/m1./s1. The van der Waals surface area contributed by atoms with Crippen molar-refractivity contribution in [3.05, 3.63) is 11.6 Å². The molecule has 1 radical (unpaired) electrons. The molecule has 0 amide bonds. The summed E-state index contributed by atoms with van der Waals surface area (Å²) in [5, 5.41) is 10.2. The molecule has 4 rings (SSSR count). The van der Waals surface area contributed by atoms with E-state index in [2.05, 4.69) is 47.6 Å². The molecule has 1 N–H and O–H groups in total. The Morgan fingerprint density at radius 2 is 1.74 bits per heavy atom. The van der Waals surface area contributed by atoms with Crippen LogP contribution in [0.3, 0.4) is 0 Å². The summed E-state index contributed by atoms with van der Waals surface area (Å²) >= 11 is 0. The van der Waals surface area contributed by atoms with Gasteiger partial charge in [-0.3, -0.25) is 0 Å². The fourth-order valence-electron chi connectivity index (χ4n) is 9.30. The van der Waals surface area contributed by atoms with Gasteiger partial charge in [-0.15, -0.1) is 0 Å². The van der Waals surface area contributed by atoms with Gasteiger partial charge < -0.3 is 5.11 Å². The van der Waals surface area contributed by atoms with Gasteiger partial charge in [-0.2, -0.15) is 0 Å². The SMILES string of the molecule is CC[C@H](CC[C@@H](C)[C@H]1CC[C@H]2[C@@H]3CC=C4CC(O)CC[C@]4(C)[C@H]3CCC12C)C(C)C.[V]. The quantitative estimate of drug-likeness (QED) is 0.394. The normalized spacial score (nSPS) is 43.9. The molecule has 4 aliphatic carbocycles. The molecule has 0 heterocycles. The zero-order chi connectivity index (χ0) is 21.7. The van der Waals surface area contributed by atoms with Gasteiger partial charge in [0.1, 0.15) is 0 Å². The molecule has 0 aromatic heterocycles. The van der Waals surface area contributed by atoms with Crippen LogP contribution in [0.1, 0.15) is 112 Å². The molecule has 0 aliphatic heterocycles. The van der Waals surface area contributed by atoms with E-state index in [1.807, 2.05) is 0 Å². The summed E-state index contributed by atoms with van der Waals surface area (Å²) in [7, 11) is 0. The van der Waals surface area contributed by atoms with Crippen LogP contribution >= 0.6 is 0 Å². The van der Waals surface area contributed by atoms with E-state index in [1.54, 1.807) is 5.57 Å². The Labute approximate surface area is 205 Å². The molecule has 4 aliphatic rings. The third-order valence-corrected chi connectivity index (χ3v) is 11.3. The average molecular weight is 466 g/mol. The average Bonchev–Trinajstić information content (AvgIpc) is 3.06. The van der Waals surface area contributed by atoms with Gasteiger partial charge >= 0.3 is 0 Å². The zero-order valence-electron chi connectivity index (χ0n) is 21.4. The molecule has 0 bridgehead atoms. The van der Waals surface area contributed by atoms with Gasteiger partial charge in [0.2, 0.25) is 0 Å². The Bertz CT molecular complexity index is 641. The number of aliphatic hydroxyl groups is 1. The van der Waals surface area contributed by atoms with Gasteiger partial charge in [-0.1, -0.05) is 66.0 Å². The summed E-state index contributed by atoms with van der Waals surface area (Å²) in [6.07, 6.45) is 17.1. The molecule has 0 aromatic carbocycles. The minimum Gasteiger partial charge on any atom is -0.393 e. The molecule has 3 saturated carbocycles. The van der Waals surface area contributed by atoms with E-state index in [9.17, 15) is 5.11 Å². The Hall–Kier alpha value is 0.284. The van der Waals surface area contributed by atoms with Crippen LogP contribution in [0.4, 0.5) is 0 Å². The number of aliphatic hydroxyl groups excluding tert-OH is 1. The molecule has 1 nitrogen and oxygen atoms in total. The first-order chi connectivity index (χ1) is 14.2. The maximum Gasteiger partial charge on any atom is 0.0577 e. The van der Waals surface area contributed by atoms with E-state index < -0.39 is 0 Å². The van der Waals surface area contributed by atoms with Crippen LogP contribution in [0.2, 0.25) is 0 Å². The molecule has 3 fully saturated rings. The summed E-state index contributed by atoms with van der Waals surface area (Å²) < 4.78 is 0. The number of allylic oxidation sites excluding steroid dienone is 1. The molecule has 0 aromatic rings. The summed E-state index contributed by atoms with van der Waals surface area (Å²) in [5.74, 6) is 6.31. The minimum absolute atomic E-state index is 0. The number of rotatable bonds is 6. The Morgan fingerprint density at radius 3 is 2.42 bits per heavy atom. The van der Waals surface area contributed by atoms with Crippen molar-refractivity contribution < 1.29 is 23.7 Å². The maximum absolute atomic E-state index is 10.2. The fourth-order valence-corrected chi connectivity index (χ4v) is 9.30. The molecule has 2 unspecified atom stereocenters. The van der Waals surface area contributed by atoms with Gasteiger partial charge in [0.25, 0.3) is 0 Å². The summed E-state index contributed by atoms with van der Waals surface area (Å²) in [4.78, 5) is 0. The molecule has 9 atom stereocenters. The van der Waals surface area contributed by atoms with Crippen molar-refractivity contribution in [1.29, 1.82) is 0 Å². The summed E-state index contributed by atoms with van der Waals surface area (Å²) in [5.41, 5.74) is 2.59. The fraction of sp³-hybridized carbons (Fsp3) is 0.931. The van der Waals surface area contributed by atoms with Crippen LogP contribution in [0.15, 0.2) is 11.6 Å². The van der Waals surface area contributed by atoms with E-state index in [-0.39, 0.29) is 24.7 Å². The van der Waals surface area contributed by atoms with Crippen molar-refractivity contribution in [1.82, 2.24) is 0 Å². The molecule has 0 saturated heterocycles. The van der Waals surface area contributed by atoms with Crippen LogP contribution < -0.4 is 0 Å². The Morgan fingerprint density at radius 1 is 1.00 bits per heavy atom. The maximum atomic E-state index is 10.2. The molecule has 177 valence electrons. The Kier molecular flexibility index (Phi) is 8.25. The van der Waals surface area contributed by atoms with E-state index in [0.29, 0.717) is 10.8 Å². The van der Waals surface area contributed by atoms with E-state index in [0.717, 1.165) is 54.3 Å².